The number of hydrogen-bond donors (Lipinski definition) is 2. The summed E-state index contributed by atoms with van der Waals surface area (Å²) >= 11 is 0. The molecule has 0 spiro atoms. The second-order valence-electron chi connectivity index (χ2n) is 6.07. The van der Waals surface area contributed by atoms with Gasteiger partial charge in [0, 0.05) is 25.8 Å². The fourth-order valence-corrected chi connectivity index (χ4v) is 2.95. The third-order valence-electron chi connectivity index (χ3n) is 4.38. The number of hydrogen-bond acceptors (Lipinski definition) is 3. The summed E-state index contributed by atoms with van der Waals surface area (Å²) in [4.78, 5) is 18.3. The van der Waals surface area contributed by atoms with E-state index in [1.54, 1.807) is 6.20 Å². The van der Waals surface area contributed by atoms with Crippen LogP contribution < -0.4 is 15.5 Å². The molecule has 0 atom stereocenters. The number of anilines is 2. The zero-order valence-corrected chi connectivity index (χ0v) is 13.7. The first-order chi connectivity index (χ1) is 12.1. The minimum atomic E-state index is -0.792. The molecule has 1 saturated heterocycles. The fourth-order valence-electron chi connectivity index (χ4n) is 2.95. The van der Waals surface area contributed by atoms with Crippen LogP contribution in [0.4, 0.5) is 25.0 Å². The van der Waals surface area contributed by atoms with Crippen LogP contribution in [0.25, 0.3) is 0 Å². The average Bonchev–Trinajstić information content (AvgIpc) is 2.64. The van der Waals surface area contributed by atoms with Gasteiger partial charge in [-0.15, -0.1) is 0 Å². The predicted octanol–water partition coefficient (Wildman–Crippen LogP) is 3.40. The smallest absolute Gasteiger partial charge is 0.319 e. The molecule has 2 aromatic rings. The molecule has 2 N–H and O–H groups in total. The number of benzene rings is 1. The third-order valence-corrected chi connectivity index (χ3v) is 4.38. The summed E-state index contributed by atoms with van der Waals surface area (Å²) in [5.41, 5.74) is 0.674. The van der Waals surface area contributed by atoms with Crippen molar-refractivity contribution in [3.63, 3.8) is 0 Å². The lowest BCUT2D eigenvalue weighted by molar-refractivity contribution is 0.248. The van der Waals surface area contributed by atoms with Gasteiger partial charge in [0.1, 0.15) is 17.3 Å². The summed E-state index contributed by atoms with van der Waals surface area (Å²) in [5, 5.41) is 4.93. The van der Waals surface area contributed by atoms with Crippen molar-refractivity contribution in [1.82, 2.24) is 10.3 Å². The van der Waals surface area contributed by atoms with Crippen LogP contribution in [0.5, 0.6) is 0 Å². The molecule has 3 rings (SSSR count). The highest BCUT2D eigenvalue weighted by Gasteiger charge is 2.20. The van der Waals surface area contributed by atoms with Gasteiger partial charge in [0.25, 0.3) is 0 Å². The third kappa shape index (κ3) is 4.43. The van der Waals surface area contributed by atoms with Gasteiger partial charge in [0.2, 0.25) is 0 Å². The van der Waals surface area contributed by atoms with Gasteiger partial charge in [-0.25, -0.2) is 13.6 Å². The Hall–Kier alpha value is -2.70. The van der Waals surface area contributed by atoms with E-state index in [1.165, 1.54) is 6.07 Å². The lowest BCUT2D eigenvalue weighted by atomic mass is 9.96. The lowest BCUT2D eigenvalue weighted by Crippen LogP contribution is -2.40. The van der Waals surface area contributed by atoms with Crippen LogP contribution in [0.1, 0.15) is 12.8 Å². The van der Waals surface area contributed by atoms with E-state index >= 15 is 0 Å². The van der Waals surface area contributed by atoms with Crippen LogP contribution in [0, 0.1) is 17.6 Å². The molecule has 2 heterocycles. The normalized spacial score (nSPS) is 15.0. The molecular formula is C18H20F2N4O. The molecule has 1 aromatic heterocycles. The van der Waals surface area contributed by atoms with E-state index in [0.717, 1.165) is 43.8 Å². The predicted molar refractivity (Wildman–Crippen MR) is 92.6 cm³/mol. The van der Waals surface area contributed by atoms with E-state index in [0.29, 0.717) is 12.5 Å². The number of pyridine rings is 1. The minimum absolute atomic E-state index is 0.337. The molecular weight excluding hydrogens is 326 g/mol. The van der Waals surface area contributed by atoms with E-state index in [2.05, 4.69) is 20.5 Å². The zero-order chi connectivity index (χ0) is 17.6. The maximum atomic E-state index is 13.5. The number of halogens is 2. The topological polar surface area (TPSA) is 57.3 Å². The average molecular weight is 346 g/mol. The van der Waals surface area contributed by atoms with Gasteiger partial charge in [0.15, 0.2) is 0 Å². The Morgan fingerprint density at radius 1 is 1.16 bits per heavy atom. The highest BCUT2D eigenvalue weighted by atomic mass is 19.1. The molecule has 0 unspecified atom stereocenters. The van der Waals surface area contributed by atoms with E-state index in [-0.39, 0.29) is 0 Å². The number of nitrogens with zero attached hydrogens (tertiary/aromatic N) is 2. The second-order valence-corrected chi connectivity index (χ2v) is 6.07. The molecule has 132 valence electrons. The largest absolute Gasteiger partial charge is 0.370 e. The molecule has 0 bridgehead atoms. The molecule has 0 radical (unpaired) electrons. The molecule has 1 aromatic carbocycles. The van der Waals surface area contributed by atoms with Crippen LogP contribution in [0.2, 0.25) is 0 Å². The van der Waals surface area contributed by atoms with Crippen molar-refractivity contribution in [2.75, 3.05) is 29.9 Å². The van der Waals surface area contributed by atoms with Gasteiger partial charge in [0.05, 0.1) is 11.9 Å². The first-order valence-corrected chi connectivity index (χ1v) is 8.27. The summed E-state index contributed by atoms with van der Waals surface area (Å²) in [6.45, 7) is 2.26. The first-order valence-electron chi connectivity index (χ1n) is 8.27. The van der Waals surface area contributed by atoms with Gasteiger partial charge in [-0.1, -0.05) is 6.07 Å². The molecule has 2 amide bonds. The number of amides is 2. The molecule has 1 aliphatic heterocycles. The number of carbonyl (C=O) groups excluding carboxylic acids is 1. The first kappa shape index (κ1) is 17.1. The lowest BCUT2D eigenvalue weighted by Gasteiger charge is -2.33. The Balaban J connectivity index is 1.45. The second kappa shape index (κ2) is 7.92. The van der Waals surface area contributed by atoms with Crippen LogP contribution in [-0.4, -0.2) is 30.6 Å². The van der Waals surface area contributed by atoms with E-state index < -0.39 is 23.4 Å². The number of urea groups is 1. The molecule has 1 aliphatic rings. The SMILES string of the molecule is O=C(NCC1CCN(c2cccnc2)CC1)Nc1c(F)cccc1F. The Labute approximate surface area is 145 Å². The molecule has 5 nitrogen and oxygen atoms in total. The van der Waals surface area contributed by atoms with Gasteiger partial charge < -0.3 is 15.5 Å². The quantitative estimate of drug-likeness (QED) is 0.892. The van der Waals surface area contributed by atoms with Crippen molar-refractivity contribution in [2.24, 2.45) is 5.92 Å². The molecule has 0 aliphatic carbocycles. The van der Waals surface area contributed by atoms with E-state index in [4.69, 9.17) is 0 Å². The maximum Gasteiger partial charge on any atom is 0.319 e. The molecule has 25 heavy (non-hydrogen) atoms. The van der Waals surface area contributed by atoms with Crippen LogP contribution in [0.3, 0.4) is 0 Å². The van der Waals surface area contributed by atoms with E-state index in [9.17, 15) is 13.6 Å². The Morgan fingerprint density at radius 2 is 1.88 bits per heavy atom. The Kier molecular flexibility index (Phi) is 5.42. The number of para-hydroxylation sites is 1. The highest BCUT2D eigenvalue weighted by molar-refractivity contribution is 5.89. The van der Waals surface area contributed by atoms with Gasteiger partial charge in [-0.2, -0.15) is 0 Å². The standard InChI is InChI=1S/C18H20F2N4O/c19-15-4-1-5-16(20)17(15)23-18(25)22-11-13-6-9-24(10-7-13)14-3-2-8-21-12-14/h1-5,8,12-13H,6-7,9-11H2,(H2,22,23,25). The van der Waals surface area contributed by atoms with Crippen molar-refractivity contribution in [1.29, 1.82) is 0 Å². The van der Waals surface area contributed by atoms with Gasteiger partial charge in [-0.3, -0.25) is 4.98 Å². The highest BCUT2D eigenvalue weighted by Crippen LogP contribution is 2.22. The summed E-state index contributed by atoms with van der Waals surface area (Å²) in [6, 6.07) is 6.80. The monoisotopic (exact) mass is 346 g/mol. The summed E-state index contributed by atoms with van der Waals surface area (Å²) < 4.78 is 27.0. The fraction of sp³-hybridized carbons (Fsp3) is 0.333. The number of piperidine rings is 1. The van der Waals surface area contributed by atoms with Crippen molar-refractivity contribution >= 4 is 17.4 Å². The van der Waals surface area contributed by atoms with Crippen LogP contribution >= 0.6 is 0 Å². The molecule has 7 heteroatoms. The molecule has 1 fully saturated rings. The summed E-state index contributed by atoms with van der Waals surface area (Å²) in [7, 11) is 0. The van der Waals surface area contributed by atoms with Gasteiger partial charge >= 0.3 is 6.03 Å². The number of carbonyl (C=O) groups is 1. The van der Waals surface area contributed by atoms with E-state index in [1.807, 2.05) is 18.3 Å². The van der Waals surface area contributed by atoms with Crippen molar-refractivity contribution in [3.05, 3.63) is 54.4 Å². The Bertz CT molecular complexity index is 698. The summed E-state index contributed by atoms with van der Waals surface area (Å²) in [5.74, 6) is -1.25. The van der Waals surface area contributed by atoms with Crippen molar-refractivity contribution < 1.29 is 13.6 Å². The minimum Gasteiger partial charge on any atom is -0.370 e. The maximum absolute atomic E-state index is 13.5. The number of nitrogens with one attached hydrogen (secondary N) is 2. The van der Waals surface area contributed by atoms with Gasteiger partial charge in [-0.05, 0) is 43.0 Å². The zero-order valence-electron chi connectivity index (χ0n) is 13.7. The molecule has 0 saturated carbocycles. The summed E-state index contributed by atoms with van der Waals surface area (Å²) in [6.07, 6.45) is 5.46. The van der Waals surface area contributed by atoms with Crippen LogP contribution in [-0.2, 0) is 0 Å². The Morgan fingerprint density at radius 3 is 2.52 bits per heavy atom. The number of aromatic nitrogens is 1. The number of rotatable bonds is 4. The van der Waals surface area contributed by atoms with Crippen molar-refractivity contribution in [3.8, 4) is 0 Å². The van der Waals surface area contributed by atoms with Crippen LogP contribution in [0.15, 0.2) is 42.7 Å². The van der Waals surface area contributed by atoms with Crippen molar-refractivity contribution in [2.45, 2.75) is 12.8 Å².